The first-order valence-electron chi connectivity index (χ1n) is 10.5. The number of benzene rings is 2. The second-order valence-electron chi connectivity index (χ2n) is 8.92. The van der Waals surface area contributed by atoms with Gasteiger partial charge in [0.15, 0.2) is 0 Å². The fourth-order valence-electron chi connectivity index (χ4n) is 3.62. The van der Waals surface area contributed by atoms with Gasteiger partial charge in [-0.25, -0.2) is 4.79 Å². The van der Waals surface area contributed by atoms with Gasteiger partial charge in [0.1, 0.15) is 17.2 Å². The van der Waals surface area contributed by atoms with Crippen LogP contribution in [0.15, 0.2) is 54.2 Å². The molecule has 0 fully saturated rings. The molecule has 0 spiro atoms. The maximum Gasteiger partial charge on any atom is 0.416 e. The van der Waals surface area contributed by atoms with Crippen molar-refractivity contribution in [1.82, 2.24) is 4.57 Å². The number of carbonyl (C=O) groups is 1. The summed E-state index contributed by atoms with van der Waals surface area (Å²) in [5.74, 6) is -0.707. The molecule has 172 valence electrons. The number of hydrogen-bond donors (Lipinski definition) is 0. The van der Waals surface area contributed by atoms with Crippen molar-refractivity contribution in [2.75, 3.05) is 0 Å². The van der Waals surface area contributed by atoms with Gasteiger partial charge in [-0.3, -0.25) is 0 Å². The van der Waals surface area contributed by atoms with Crippen LogP contribution < -0.4 is 0 Å². The lowest BCUT2D eigenvalue weighted by Gasteiger charge is -2.18. The molecule has 2 aromatic carbocycles. The lowest BCUT2D eigenvalue weighted by molar-refractivity contribution is -0.149. The zero-order valence-electron chi connectivity index (χ0n) is 19.0. The van der Waals surface area contributed by atoms with Crippen molar-refractivity contribution in [2.24, 2.45) is 0 Å². The SMILES string of the molecule is Cc1cc(CCn2cc(/C=C(\C#N)C(=O)OC(C)(C)C)c3ccccc32)cc(C(F)(F)F)c1. The molecule has 3 aromatic rings. The normalized spacial score (nSPS) is 12.6. The Morgan fingerprint density at radius 1 is 1.15 bits per heavy atom. The van der Waals surface area contributed by atoms with Gasteiger partial charge in [0.05, 0.1) is 5.56 Å². The van der Waals surface area contributed by atoms with Gasteiger partial charge in [-0.05, 0) is 64.0 Å². The van der Waals surface area contributed by atoms with E-state index in [0.29, 0.717) is 29.7 Å². The van der Waals surface area contributed by atoms with Crippen LogP contribution in [0.25, 0.3) is 17.0 Å². The number of carbonyl (C=O) groups excluding carboxylic acids is 1. The van der Waals surface area contributed by atoms with Gasteiger partial charge in [0.2, 0.25) is 0 Å². The van der Waals surface area contributed by atoms with E-state index in [1.165, 1.54) is 12.1 Å². The lowest BCUT2D eigenvalue weighted by atomic mass is 10.0. The van der Waals surface area contributed by atoms with E-state index >= 15 is 0 Å². The summed E-state index contributed by atoms with van der Waals surface area (Å²) in [7, 11) is 0. The first-order valence-corrected chi connectivity index (χ1v) is 10.5. The Balaban J connectivity index is 1.93. The van der Waals surface area contributed by atoms with E-state index in [1.807, 2.05) is 34.9 Å². The largest absolute Gasteiger partial charge is 0.456 e. The molecule has 0 atom stereocenters. The van der Waals surface area contributed by atoms with Crippen LogP contribution in [0.5, 0.6) is 0 Å². The Labute approximate surface area is 190 Å². The molecule has 0 aliphatic carbocycles. The highest BCUT2D eigenvalue weighted by molar-refractivity contribution is 6.01. The third-order valence-electron chi connectivity index (χ3n) is 4.96. The Morgan fingerprint density at radius 3 is 2.48 bits per heavy atom. The smallest absolute Gasteiger partial charge is 0.416 e. The molecule has 3 rings (SSSR count). The summed E-state index contributed by atoms with van der Waals surface area (Å²) in [5, 5.41) is 10.3. The quantitative estimate of drug-likeness (QED) is 0.253. The number of aromatic nitrogens is 1. The van der Waals surface area contributed by atoms with E-state index < -0.39 is 23.3 Å². The highest BCUT2D eigenvalue weighted by Crippen LogP contribution is 2.31. The summed E-state index contributed by atoms with van der Waals surface area (Å²) in [4.78, 5) is 12.4. The van der Waals surface area contributed by atoms with Gasteiger partial charge >= 0.3 is 12.1 Å². The van der Waals surface area contributed by atoms with Crippen molar-refractivity contribution in [3.05, 3.63) is 76.5 Å². The zero-order chi connectivity index (χ0) is 24.4. The minimum Gasteiger partial charge on any atom is -0.456 e. The fraction of sp³-hybridized carbons (Fsp3) is 0.308. The van der Waals surface area contributed by atoms with Crippen LogP contribution in [0.3, 0.4) is 0 Å². The van der Waals surface area contributed by atoms with E-state index in [9.17, 15) is 23.2 Å². The molecule has 33 heavy (non-hydrogen) atoms. The summed E-state index contributed by atoms with van der Waals surface area (Å²) in [5.41, 5.74) is 1.14. The number of alkyl halides is 3. The zero-order valence-corrected chi connectivity index (χ0v) is 19.0. The van der Waals surface area contributed by atoms with Crippen LogP contribution in [0, 0.1) is 18.3 Å². The van der Waals surface area contributed by atoms with E-state index in [1.54, 1.807) is 40.0 Å². The third-order valence-corrected chi connectivity index (χ3v) is 4.96. The molecule has 0 radical (unpaired) electrons. The maximum absolute atomic E-state index is 13.2. The van der Waals surface area contributed by atoms with Crippen molar-refractivity contribution in [1.29, 1.82) is 5.26 Å². The van der Waals surface area contributed by atoms with Crippen LogP contribution in [0.2, 0.25) is 0 Å². The van der Waals surface area contributed by atoms with Crippen LogP contribution in [-0.2, 0) is 28.7 Å². The molecule has 0 saturated heterocycles. The molecular formula is C26H25F3N2O2. The number of para-hydroxylation sites is 1. The van der Waals surface area contributed by atoms with Crippen LogP contribution in [-0.4, -0.2) is 16.1 Å². The summed E-state index contributed by atoms with van der Waals surface area (Å²) in [6.45, 7) is 7.25. The van der Waals surface area contributed by atoms with Crippen molar-refractivity contribution in [3.8, 4) is 6.07 Å². The second kappa shape index (κ2) is 9.14. The molecule has 0 aliphatic rings. The van der Waals surface area contributed by atoms with Crippen molar-refractivity contribution < 1.29 is 22.7 Å². The van der Waals surface area contributed by atoms with Crippen LogP contribution in [0.1, 0.15) is 43.0 Å². The lowest BCUT2D eigenvalue weighted by Crippen LogP contribution is -2.24. The number of ether oxygens (including phenoxy) is 1. The molecule has 0 amide bonds. The van der Waals surface area contributed by atoms with Crippen molar-refractivity contribution in [3.63, 3.8) is 0 Å². The Kier molecular flexibility index (Phi) is 6.68. The highest BCUT2D eigenvalue weighted by atomic mass is 19.4. The topological polar surface area (TPSA) is 55.0 Å². The average molecular weight is 454 g/mol. The Bertz CT molecular complexity index is 1260. The van der Waals surface area contributed by atoms with Crippen LogP contribution >= 0.6 is 0 Å². The van der Waals surface area contributed by atoms with Crippen molar-refractivity contribution >= 4 is 22.9 Å². The van der Waals surface area contributed by atoms with Gasteiger partial charge in [-0.1, -0.05) is 29.8 Å². The summed E-state index contributed by atoms with van der Waals surface area (Å²) >= 11 is 0. The van der Waals surface area contributed by atoms with Gasteiger partial charge in [0.25, 0.3) is 0 Å². The summed E-state index contributed by atoms with van der Waals surface area (Å²) in [6, 6.07) is 13.4. The average Bonchev–Trinajstić information content (AvgIpc) is 3.05. The molecule has 4 nitrogen and oxygen atoms in total. The molecule has 0 unspecified atom stereocenters. The third kappa shape index (κ3) is 6.04. The molecule has 0 saturated carbocycles. The predicted octanol–water partition coefficient (Wildman–Crippen LogP) is 6.46. The monoisotopic (exact) mass is 454 g/mol. The number of halogens is 3. The minimum absolute atomic E-state index is 0.124. The summed E-state index contributed by atoms with van der Waals surface area (Å²) in [6.07, 6.45) is -0.716. The number of nitriles is 1. The molecule has 1 aromatic heterocycles. The number of nitrogens with zero attached hydrogens (tertiary/aromatic N) is 2. The van der Waals surface area contributed by atoms with E-state index in [2.05, 4.69) is 0 Å². The Hall–Kier alpha value is -3.53. The summed E-state index contributed by atoms with van der Waals surface area (Å²) < 4.78 is 46.7. The predicted molar refractivity (Wildman–Crippen MR) is 121 cm³/mol. The van der Waals surface area contributed by atoms with Gasteiger partial charge in [0, 0.05) is 29.2 Å². The molecular weight excluding hydrogens is 429 g/mol. The number of fused-ring (bicyclic) bond motifs is 1. The molecule has 7 heteroatoms. The Morgan fingerprint density at radius 2 is 1.85 bits per heavy atom. The van der Waals surface area contributed by atoms with E-state index in [-0.39, 0.29) is 5.57 Å². The fourth-order valence-corrected chi connectivity index (χ4v) is 3.62. The molecule has 1 heterocycles. The minimum atomic E-state index is -4.39. The number of esters is 1. The number of hydrogen-bond acceptors (Lipinski definition) is 3. The molecule has 0 bridgehead atoms. The highest BCUT2D eigenvalue weighted by Gasteiger charge is 2.30. The molecule has 0 aliphatic heterocycles. The number of aryl methyl sites for hydroxylation is 3. The van der Waals surface area contributed by atoms with Gasteiger partial charge in [-0.2, -0.15) is 18.4 Å². The van der Waals surface area contributed by atoms with Crippen molar-refractivity contribution in [2.45, 2.75) is 52.4 Å². The first-order chi connectivity index (χ1) is 15.4. The number of rotatable bonds is 5. The first kappa shape index (κ1) is 24.1. The van der Waals surface area contributed by atoms with Crippen LogP contribution in [0.4, 0.5) is 13.2 Å². The van der Waals surface area contributed by atoms with E-state index in [0.717, 1.165) is 17.0 Å². The maximum atomic E-state index is 13.2. The van der Waals surface area contributed by atoms with Gasteiger partial charge in [-0.15, -0.1) is 0 Å². The van der Waals surface area contributed by atoms with Gasteiger partial charge < -0.3 is 9.30 Å². The van der Waals surface area contributed by atoms with E-state index in [4.69, 9.17) is 4.74 Å². The molecule has 0 N–H and O–H groups in total. The standard InChI is InChI=1S/C26H25F3N2O2/c1-17-11-18(13-21(12-17)26(27,28)29)9-10-31-16-20(22-7-5-6-8-23(22)31)14-19(15-30)24(32)33-25(2,3)4/h5-8,11-14,16H,9-10H2,1-4H3/b19-14+. The second-order valence-corrected chi connectivity index (χ2v) is 8.92.